The second-order valence-electron chi connectivity index (χ2n) is 4.84. The number of amides is 1. The van der Waals surface area contributed by atoms with Crippen LogP contribution < -0.4 is 10.2 Å². The van der Waals surface area contributed by atoms with Crippen molar-refractivity contribution in [3.63, 3.8) is 0 Å². The molecular formula is C15H21FN2O2. The van der Waals surface area contributed by atoms with Crippen molar-refractivity contribution in [1.29, 1.82) is 0 Å². The van der Waals surface area contributed by atoms with Crippen LogP contribution in [0.4, 0.5) is 10.1 Å². The molecule has 1 N–H and O–H groups in total. The van der Waals surface area contributed by atoms with E-state index in [2.05, 4.69) is 5.32 Å². The van der Waals surface area contributed by atoms with E-state index >= 15 is 0 Å². The molecule has 0 bridgehead atoms. The van der Waals surface area contributed by atoms with Crippen LogP contribution in [0.15, 0.2) is 24.3 Å². The summed E-state index contributed by atoms with van der Waals surface area (Å²) in [6.45, 7) is 5.98. The molecule has 0 saturated carbocycles. The van der Waals surface area contributed by atoms with Gasteiger partial charge in [0.15, 0.2) is 0 Å². The fraction of sp³-hybridized carbons (Fsp3) is 0.533. The average Bonchev–Trinajstić information content (AvgIpc) is 2.90. The Hall–Kier alpha value is -1.46. The van der Waals surface area contributed by atoms with E-state index in [1.54, 1.807) is 18.2 Å². The Bertz CT molecular complexity index is 467. The van der Waals surface area contributed by atoms with Gasteiger partial charge in [0.25, 0.3) is 0 Å². The van der Waals surface area contributed by atoms with Gasteiger partial charge in [-0.05, 0) is 25.6 Å². The summed E-state index contributed by atoms with van der Waals surface area (Å²) in [7, 11) is 0. The van der Waals surface area contributed by atoms with Gasteiger partial charge in [-0.2, -0.15) is 0 Å². The zero-order chi connectivity index (χ0) is 14.5. The monoisotopic (exact) mass is 280 g/mol. The standard InChI is InChI=1S/C15H21FN2O2/c1-3-17-13-10-20-9-11(13)15(19)18(4-2)14-8-6-5-7-12(14)16/h5-8,11,13,17H,3-4,9-10H2,1-2H3. The van der Waals surface area contributed by atoms with Crippen LogP contribution in [0.3, 0.4) is 0 Å². The van der Waals surface area contributed by atoms with Gasteiger partial charge in [-0.25, -0.2) is 4.39 Å². The normalized spacial score (nSPS) is 21.9. The molecule has 0 aromatic heterocycles. The average molecular weight is 280 g/mol. The van der Waals surface area contributed by atoms with Crippen LogP contribution in [-0.2, 0) is 9.53 Å². The lowest BCUT2D eigenvalue weighted by Gasteiger charge is -2.27. The van der Waals surface area contributed by atoms with Crippen LogP contribution in [0.25, 0.3) is 0 Å². The fourth-order valence-electron chi connectivity index (χ4n) is 2.58. The number of nitrogens with one attached hydrogen (secondary N) is 1. The highest BCUT2D eigenvalue weighted by molar-refractivity contribution is 5.95. The predicted molar refractivity (Wildman–Crippen MR) is 76.2 cm³/mol. The van der Waals surface area contributed by atoms with Crippen molar-refractivity contribution in [2.45, 2.75) is 19.9 Å². The molecule has 5 heteroatoms. The van der Waals surface area contributed by atoms with Gasteiger partial charge in [0.2, 0.25) is 5.91 Å². The van der Waals surface area contributed by atoms with Crippen molar-refractivity contribution in [3.8, 4) is 0 Å². The van der Waals surface area contributed by atoms with Crippen molar-refractivity contribution in [1.82, 2.24) is 5.32 Å². The van der Waals surface area contributed by atoms with Crippen molar-refractivity contribution in [3.05, 3.63) is 30.1 Å². The van der Waals surface area contributed by atoms with Crippen molar-refractivity contribution in [2.24, 2.45) is 5.92 Å². The Balaban J connectivity index is 2.19. The molecule has 1 amide bonds. The Kier molecular flexibility index (Phi) is 5.09. The highest BCUT2D eigenvalue weighted by atomic mass is 19.1. The quantitative estimate of drug-likeness (QED) is 0.894. The predicted octanol–water partition coefficient (Wildman–Crippen LogP) is 1.80. The highest BCUT2D eigenvalue weighted by Crippen LogP contribution is 2.24. The molecule has 1 heterocycles. The number of nitrogens with zero attached hydrogens (tertiary/aromatic N) is 1. The molecule has 0 radical (unpaired) electrons. The topological polar surface area (TPSA) is 41.6 Å². The molecule has 2 atom stereocenters. The van der Waals surface area contributed by atoms with E-state index in [0.717, 1.165) is 6.54 Å². The summed E-state index contributed by atoms with van der Waals surface area (Å²) < 4.78 is 19.3. The maximum absolute atomic E-state index is 13.9. The maximum atomic E-state index is 13.9. The van der Waals surface area contributed by atoms with Crippen LogP contribution >= 0.6 is 0 Å². The summed E-state index contributed by atoms with van der Waals surface area (Å²) >= 11 is 0. The van der Waals surface area contributed by atoms with Crippen LogP contribution in [0.2, 0.25) is 0 Å². The van der Waals surface area contributed by atoms with Crippen LogP contribution in [-0.4, -0.2) is 38.3 Å². The molecule has 110 valence electrons. The van der Waals surface area contributed by atoms with Gasteiger partial charge < -0.3 is 15.0 Å². The van der Waals surface area contributed by atoms with Gasteiger partial charge >= 0.3 is 0 Å². The number of para-hydroxylation sites is 1. The largest absolute Gasteiger partial charge is 0.379 e. The van der Waals surface area contributed by atoms with Gasteiger partial charge in [0.1, 0.15) is 5.82 Å². The smallest absolute Gasteiger partial charge is 0.234 e. The van der Waals surface area contributed by atoms with E-state index < -0.39 is 0 Å². The van der Waals surface area contributed by atoms with Crippen LogP contribution in [0.5, 0.6) is 0 Å². The minimum absolute atomic E-state index is 0.00771. The first-order valence-corrected chi connectivity index (χ1v) is 7.06. The molecule has 2 unspecified atom stereocenters. The molecule has 1 fully saturated rings. The summed E-state index contributed by atoms with van der Waals surface area (Å²) in [6.07, 6.45) is 0. The number of carbonyl (C=O) groups is 1. The zero-order valence-electron chi connectivity index (χ0n) is 11.9. The number of halogens is 1. The number of rotatable bonds is 5. The first-order chi connectivity index (χ1) is 9.69. The van der Waals surface area contributed by atoms with Gasteiger partial charge in [-0.3, -0.25) is 4.79 Å². The van der Waals surface area contributed by atoms with Gasteiger partial charge in [0, 0.05) is 12.6 Å². The molecule has 1 aromatic carbocycles. The summed E-state index contributed by atoms with van der Waals surface area (Å²) in [5, 5.41) is 3.25. The number of benzene rings is 1. The SMILES string of the molecule is CCNC1COCC1C(=O)N(CC)c1ccccc1F. The molecule has 2 rings (SSSR count). The molecule has 0 aliphatic carbocycles. The Morgan fingerprint density at radius 1 is 1.40 bits per heavy atom. The Labute approximate surface area is 118 Å². The van der Waals surface area contributed by atoms with E-state index in [1.165, 1.54) is 11.0 Å². The number of ether oxygens (including phenoxy) is 1. The number of anilines is 1. The fourth-order valence-corrected chi connectivity index (χ4v) is 2.58. The minimum atomic E-state index is -0.374. The second-order valence-corrected chi connectivity index (χ2v) is 4.84. The molecule has 1 saturated heterocycles. The molecule has 4 nitrogen and oxygen atoms in total. The number of likely N-dealkylation sites (N-methyl/N-ethyl adjacent to an activating group) is 1. The third-order valence-corrected chi connectivity index (χ3v) is 3.59. The molecule has 1 aliphatic rings. The lowest BCUT2D eigenvalue weighted by molar-refractivity contribution is -0.122. The second kappa shape index (κ2) is 6.81. The molecule has 1 aliphatic heterocycles. The van der Waals surface area contributed by atoms with Crippen LogP contribution in [0.1, 0.15) is 13.8 Å². The van der Waals surface area contributed by atoms with E-state index in [0.29, 0.717) is 25.4 Å². The van der Waals surface area contributed by atoms with E-state index in [-0.39, 0.29) is 23.7 Å². The van der Waals surface area contributed by atoms with Crippen molar-refractivity contribution in [2.75, 3.05) is 31.2 Å². The Morgan fingerprint density at radius 2 is 2.15 bits per heavy atom. The third-order valence-electron chi connectivity index (χ3n) is 3.59. The van der Waals surface area contributed by atoms with Gasteiger partial charge in [-0.15, -0.1) is 0 Å². The van der Waals surface area contributed by atoms with Gasteiger partial charge in [-0.1, -0.05) is 19.1 Å². The lowest BCUT2D eigenvalue weighted by atomic mass is 10.0. The maximum Gasteiger partial charge on any atom is 0.234 e. The Morgan fingerprint density at radius 3 is 2.80 bits per heavy atom. The van der Waals surface area contributed by atoms with Crippen molar-refractivity contribution >= 4 is 11.6 Å². The number of hydrogen-bond donors (Lipinski definition) is 1. The van der Waals surface area contributed by atoms with E-state index in [9.17, 15) is 9.18 Å². The van der Waals surface area contributed by atoms with E-state index in [4.69, 9.17) is 4.74 Å². The minimum Gasteiger partial charge on any atom is -0.379 e. The first-order valence-electron chi connectivity index (χ1n) is 7.06. The molecule has 0 spiro atoms. The lowest BCUT2D eigenvalue weighted by Crippen LogP contribution is -2.46. The summed E-state index contributed by atoms with van der Waals surface area (Å²) in [5.74, 6) is -0.711. The first kappa shape index (κ1) is 14.9. The third kappa shape index (κ3) is 2.99. The van der Waals surface area contributed by atoms with Crippen molar-refractivity contribution < 1.29 is 13.9 Å². The molecule has 20 heavy (non-hydrogen) atoms. The van der Waals surface area contributed by atoms with Gasteiger partial charge in [0.05, 0.1) is 24.8 Å². The number of hydrogen-bond acceptors (Lipinski definition) is 3. The zero-order valence-corrected chi connectivity index (χ0v) is 11.9. The summed E-state index contributed by atoms with van der Waals surface area (Å²) in [5.41, 5.74) is 0.335. The molecule has 1 aromatic rings. The van der Waals surface area contributed by atoms with E-state index in [1.807, 2.05) is 13.8 Å². The summed E-state index contributed by atoms with van der Waals surface area (Å²) in [4.78, 5) is 14.2. The van der Waals surface area contributed by atoms with Crippen LogP contribution in [0, 0.1) is 11.7 Å². The summed E-state index contributed by atoms with van der Waals surface area (Å²) in [6, 6.07) is 6.37. The number of carbonyl (C=O) groups excluding carboxylic acids is 1. The highest BCUT2D eigenvalue weighted by Gasteiger charge is 2.36. The molecular weight excluding hydrogens is 259 g/mol.